The van der Waals surface area contributed by atoms with E-state index in [0.717, 1.165) is 32.2 Å². The molecule has 0 unspecified atom stereocenters. The minimum atomic E-state index is -0.604. The zero-order chi connectivity index (χ0) is 24.5. The molecule has 3 heterocycles. The first-order valence-corrected chi connectivity index (χ1v) is 12.2. The van der Waals surface area contributed by atoms with E-state index < -0.39 is 11.2 Å². The highest BCUT2D eigenvalue weighted by atomic mass is 19.1. The van der Waals surface area contributed by atoms with Gasteiger partial charge in [0.1, 0.15) is 18.2 Å². The number of anilines is 1. The van der Waals surface area contributed by atoms with E-state index in [-0.39, 0.29) is 18.5 Å². The number of ether oxygens (including phenoxy) is 3. The van der Waals surface area contributed by atoms with Crippen LogP contribution in [0.25, 0.3) is 11.1 Å². The number of nitriles is 1. The Balaban J connectivity index is 1.38. The van der Waals surface area contributed by atoms with Gasteiger partial charge < -0.3 is 24.8 Å². The molecule has 2 fully saturated rings. The number of pyridine rings is 1. The van der Waals surface area contributed by atoms with Gasteiger partial charge in [-0.1, -0.05) is 0 Å². The standard InChI is InChI=1S/C25H33FN6O3/c1-33-11-8-28-19-2-4-20(5-3-19)31-23-13-21(22(26)15-29-23)18-12-24(32-30-14-18)35-17-25(16-27)6-9-34-10-7-25/h12-15,19-20,28H,2-11,17H2,1H3,(H,29,31). The van der Waals surface area contributed by atoms with Gasteiger partial charge in [0.15, 0.2) is 0 Å². The molecule has 2 aromatic rings. The van der Waals surface area contributed by atoms with Gasteiger partial charge in [-0.15, -0.1) is 5.10 Å². The molecule has 0 spiro atoms. The van der Waals surface area contributed by atoms with Crippen LogP contribution in [-0.4, -0.2) is 67.3 Å². The SMILES string of the molecule is COCCNC1CCC(Nc2cc(-c3cnnc(OCC4(C#N)CCOCC4)c3)c(F)cn2)CC1. The zero-order valence-corrected chi connectivity index (χ0v) is 20.1. The van der Waals surface area contributed by atoms with Crippen molar-refractivity contribution in [3.63, 3.8) is 0 Å². The Hall–Kier alpha value is -2.87. The minimum absolute atomic E-state index is 0.194. The third kappa shape index (κ3) is 6.84. The number of methoxy groups -OCH3 is 1. The average Bonchev–Trinajstić information content (AvgIpc) is 2.90. The molecule has 2 aromatic heterocycles. The summed E-state index contributed by atoms with van der Waals surface area (Å²) < 4.78 is 31.0. The summed E-state index contributed by atoms with van der Waals surface area (Å²) in [6.45, 7) is 2.84. The number of hydrogen-bond acceptors (Lipinski definition) is 9. The van der Waals surface area contributed by atoms with Crippen molar-refractivity contribution < 1.29 is 18.6 Å². The number of nitrogens with one attached hydrogen (secondary N) is 2. The van der Waals surface area contributed by atoms with Crippen LogP contribution in [0.15, 0.2) is 24.5 Å². The molecule has 9 nitrogen and oxygen atoms in total. The first-order chi connectivity index (χ1) is 17.1. The van der Waals surface area contributed by atoms with E-state index in [9.17, 15) is 9.65 Å². The summed E-state index contributed by atoms with van der Waals surface area (Å²) >= 11 is 0. The second kappa shape index (κ2) is 12.2. The quantitative estimate of drug-likeness (QED) is 0.490. The van der Waals surface area contributed by atoms with Crippen LogP contribution < -0.4 is 15.4 Å². The largest absolute Gasteiger partial charge is 0.475 e. The summed E-state index contributed by atoms with van der Waals surface area (Å²) in [6.07, 6.45) is 8.11. The van der Waals surface area contributed by atoms with E-state index in [0.29, 0.717) is 55.6 Å². The van der Waals surface area contributed by atoms with Gasteiger partial charge in [-0.05, 0) is 44.6 Å². The smallest absolute Gasteiger partial charge is 0.234 e. The molecule has 0 bridgehead atoms. The first kappa shape index (κ1) is 25.2. The van der Waals surface area contributed by atoms with Crippen molar-refractivity contribution in [2.75, 3.05) is 45.4 Å². The highest BCUT2D eigenvalue weighted by molar-refractivity contribution is 5.67. The molecule has 1 saturated carbocycles. The van der Waals surface area contributed by atoms with Crippen LogP contribution in [0.4, 0.5) is 10.2 Å². The third-order valence-electron chi connectivity index (χ3n) is 6.80. The average molecular weight is 485 g/mol. The fourth-order valence-electron chi connectivity index (χ4n) is 4.58. The molecule has 0 radical (unpaired) electrons. The maximum atomic E-state index is 14.7. The molecule has 4 rings (SSSR count). The molecule has 188 valence electrons. The molecule has 0 aromatic carbocycles. The Labute approximate surface area is 205 Å². The molecule has 1 saturated heterocycles. The Morgan fingerprint density at radius 1 is 1.17 bits per heavy atom. The number of hydrogen-bond donors (Lipinski definition) is 2. The summed E-state index contributed by atoms with van der Waals surface area (Å²) in [4.78, 5) is 4.24. The number of aromatic nitrogens is 3. The Morgan fingerprint density at radius 2 is 1.94 bits per heavy atom. The van der Waals surface area contributed by atoms with Crippen molar-refractivity contribution in [1.82, 2.24) is 20.5 Å². The maximum absolute atomic E-state index is 14.7. The van der Waals surface area contributed by atoms with Crippen LogP contribution in [0.3, 0.4) is 0 Å². The van der Waals surface area contributed by atoms with Crippen LogP contribution in [0.1, 0.15) is 38.5 Å². The lowest BCUT2D eigenvalue weighted by Crippen LogP contribution is -2.38. The zero-order valence-electron chi connectivity index (χ0n) is 20.1. The van der Waals surface area contributed by atoms with Gasteiger partial charge in [0.25, 0.3) is 0 Å². The van der Waals surface area contributed by atoms with Gasteiger partial charge in [-0.25, -0.2) is 9.37 Å². The van der Waals surface area contributed by atoms with E-state index in [2.05, 4.69) is 31.9 Å². The van der Waals surface area contributed by atoms with Crippen molar-refractivity contribution in [2.24, 2.45) is 5.41 Å². The first-order valence-electron chi connectivity index (χ1n) is 12.2. The molecule has 35 heavy (non-hydrogen) atoms. The van der Waals surface area contributed by atoms with Gasteiger partial charge in [-0.3, -0.25) is 0 Å². The second-order valence-electron chi connectivity index (χ2n) is 9.26. The monoisotopic (exact) mass is 484 g/mol. The van der Waals surface area contributed by atoms with Gasteiger partial charge in [0, 0.05) is 56.1 Å². The van der Waals surface area contributed by atoms with Gasteiger partial charge in [0.2, 0.25) is 5.88 Å². The lowest BCUT2D eigenvalue weighted by molar-refractivity contribution is 0.0181. The van der Waals surface area contributed by atoms with E-state index in [1.807, 2.05) is 0 Å². The molecular formula is C25H33FN6O3. The van der Waals surface area contributed by atoms with E-state index >= 15 is 0 Å². The fourth-order valence-corrected chi connectivity index (χ4v) is 4.58. The van der Waals surface area contributed by atoms with Crippen molar-refractivity contribution in [3.05, 3.63) is 30.3 Å². The van der Waals surface area contributed by atoms with Gasteiger partial charge >= 0.3 is 0 Å². The molecule has 1 aliphatic heterocycles. The molecule has 0 amide bonds. The fraction of sp³-hybridized carbons (Fsp3) is 0.600. The second-order valence-corrected chi connectivity index (χ2v) is 9.26. The number of nitrogens with zero attached hydrogens (tertiary/aromatic N) is 4. The summed E-state index contributed by atoms with van der Waals surface area (Å²) in [7, 11) is 1.71. The number of rotatable bonds is 10. The van der Waals surface area contributed by atoms with Gasteiger partial charge in [0.05, 0.1) is 30.5 Å². The minimum Gasteiger partial charge on any atom is -0.475 e. The van der Waals surface area contributed by atoms with Crippen LogP contribution >= 0.6 is 0 Å². The third-order valence-corrected chi connectivity index (χ3v) is 6.80. The summed E-state index contributed by atoms with van der Waals surface area (Å²) in [5, 5.41) is 24.6. The highest BCUT2D eigenvalue weighted by Crippen LogP contribution is 2.32. The molecular weight excluding hydrogens is 451 g/mol. The van der Waals surface area contributed by atoms with E-state index in [4.69, 9.17) is 14.2 Å². The van der Waals surface area contributed by atoms with Crippen molar-refractivity contribution in [1.29, 1.82) is 5.26 Å². The van der Waals surface area contributed by atoms with Crippen LogP contribution in [0.2, 0.25) is 0 Å². The summed E-state index contributed by atoms with van der Waals surface area (Å²) in [6, 6.07) is 6.51. The highest BCUT2D eigenvalue weighted by Gasteiger charge is 2.34. The number of halogens is 1. The summed E-state index contributed by atoms with van der Waals surface area (Å²) in [5.74, 6) is 0.439. The lowest BCUT2D eigenvalue weighted by atomic mass is 9.83. The normalized spacial score (nSPS) is 21.7. The molecule has 1 aliphatic carbocycles. The van der Waals surface area contributed by atoms with Crippen molar-refractivity contribution in [3.8, 4) is 23.1 Å². The predicted molar refractivity (Wildman–Crippen MR) is 128 cm³/mol. The summed E-state index contributed by atoms with van der Waals surface area (Å²) in [5.41, 5.74) is 0.313. The topological polar surface area (TPSA) is 114 Å². The Bertz CT molecular complexity index is 1000. The molecule has 2 N–H and O–H groups in total. The Kier molecular flexibility index (Phi) is 8.79. The van der Waals surface area contributed by atoms with Crippen LogP contribution in [0, 0.1) is 22.6 Å². The molecule has 10 heteroatoms. The Morgan fingerprint density at radius 3 is 2.69 bits per heavy atom. The lowest BCUT2D eigenvalue weighted by Gasteiger charge is -2.30. The van der Waals surface area contributed by atoms with Gasteiger partial charge in [-0.2, -0.15) is 10.4 Å². The molecule has 0 atom stereocenters. The predicted octanol–water partition coefficient (Wildman–Crippen LogP) is 3.34. The van der Waals surface area contributed by atoms with E-state index in [1.165, 1.54) is 12.4 Å². The maximum Gasteiger partial charge on any atom is 0.234 e. The molecule has 2 aliphatic rings. The van der Waals surface area contributed by atoms with Crippen molar-refractivity contribution >= 4 is 5.82 Å². The van der Waals surface area contributed by atoms with Crippen LogP contribution in [0.5, 0.6) is 5.88 Å². The van der Waals surface area contributed by atoms with E-state index in [1.54, 1.807) is 19.2 Å². The van der Waals surface area contributed by atoms with Crippen molar-refractivity contribution in [2.45, 2.75) is 50.6 Å². The van der Waals surface area contributed by atoms with Crippen LogP contribution in [-0.2, 0) is 9.47 Å².